The van der Waals surface area contributed by atoms with Crippen LogP contribution >= 0.6 is 11.6 Å². The van der Waals surface area contributed by atoms with Crippen LogP contribution < -0.4 is 5.32 Å². The van der Waals surface area contributed by atoms with Gasteiger partial charge in [0.1, 0.15) is 0 Å². The molecule has 1 rings (SSSR count). The van der Waals surface area contributed by atoms with E-state index in [4.69, 9.17) is 21.4 Å². The molecule has 0 radical (unpaired) electrons. The highest BCUT2D eigenvalue weighted by atomic mass is 35.5. The minimum atomic E-state index is -1.03. The summed E-state index contributed by atoms with van der Waals surface area (Å²) in [7, 11) is 0. The molecule has 0 bridgehead atoms. The topological polar surface area (TPSA) is 75.6 Å². The molecular formula is C12H14ClNO4. The summed E-state index contributed by atoms with van der Waals surface area (Å²) < 4.78 is 4.97. The zero-order chi connectivity index (χ0) is 13.5. The van der Waals surface area contributed by atoms with Gasteiger partial charge in [0.05, 0.1) is 6.61 Å². The van der Waals surface area contributed by atoms with E-state index >= 15 is 0 Å². The van der Waals surface area contributed by atoms with Gasteiger partial charge in [-0.1, -0.05) is 17.7 Å². The Balaban J connectivity index is 2.32. The number of aliphatic carboxylic acids is 1. The molecule has 0 saturated heterocycles. The van der Waals surface area contributed by atoms with Crippen molar-refractivity contribution in [2.75, 3.05) is 13.2 Å². The van der Waals surface area contributed by atoms with E-state index in [9.17, 15) is 9.59 Å². The third-order valence-electron chi connectivity index (χ3n) is 2.19. The maximum atomic E-state index is 11.6. The van der Waals surface area contributed by atoms with E-state index < -0.39 is 12.1 Å². The smallest absolute Gasteiger partial charge is 0.332 e. The van der Waals surface area contributed by atoms with Crippen LogP contribution in [0, 0.1) is 0 Å². The number of halogens is 1. The van der Waals surface area contributed by atoms with Gasteiger partial charge in [-0.05, 0) is 25.1 Å². The standard InChI is InChI=1S/C12H14ClNO4/c1-8(12(16)17)18-6-5-14-11(15)9-3-2-4-10(13)7-9/h2-4,7-8H,5-6H2,1H3,(H,14,15)(H,16,17). The number of carbonyl (C=O) groups is 2. The van der Waals surface area contributed by atoms with Crippen molar-refractivity contribution in [1.82, 2.24) is 5.32 Å². The molecule has 0 heterocycles. The first-order chi connectivity index (χ1) is 8.50. The summed E-state index contributed by atoms with van der Waals surface area (Å²) >= 11 is 5.76. The molecule has 0 aromatic heterocycles. The number of benzene rings is 1. The van der Waals surface area contributed by atoms with E-state index in [1.54, 1.807) is 24.3 Å². The van der Waals surface area contributed by atoms with Gasteiger partial charge in [0.2, 0.25) is 0 Å². The number of ether oxygens (including phenoxy) is 1. The number of nitrogens with one attached hydrogen (secondary N) is 1. The first kappa shape index (κ1) is 14.5. The Labute approximate surface area is 110 Å². The summed E-state index contributed by atoms with van der Waals surface area (Å²) in [6.45, 7) is 1.81. The summed E-state index contributed by atoms with van der Waals surface area (Å²) in [5.41, 5.74) is 0.453. The van der Waals surface area contributed by atoms with E-state index in [0.29, 0.717) is 10.6 Å². The molecule has 2 N–H and O–H groups in total. The van der Waals surface area contributed by atoms with Gasteiger partial charge in [-0.15, -0.1) is 0 Å². The first-order valence-electron chi connectivity index (χ1n) is 5.39. The van der Waals surface area contributed by atoms with Gasteiger partial charge in [-0.3, -0.25) is 4.79 Å². The molecule has 0 aliphatic rings. The van der Waals surface area contributed by atoms with Crippen molar-refractivity contribution in [2.45, 2.75) is 13.0 Å². The summed E-state index contributed by atoms with van der Waals surface area (Å²) in [5.74, 6) is -1.31. The normalized spacial score (nSPS) is 11.9. The van der Waals surface area contributed by atoms with E-state index in [2.05, 4.69) is 5.32 Å². The van der Waals surface area contributed by atoms with Crippen molar-refractivity contribution in [1.29, 1.82) is 0 Å². The molecule has 1 amide bonds. The number of hydrogen-bond acceptors (Lipinski definition) is 3. The van der Waals surface area contributed by atoms with Crippen LogP contribution in [0.25, 0.3) is 0 Å². The van der Waals surface area contributed by atoms with Crippen LogP contribution in [-0.4, -0.2) is 36.2 Å². The number of hydrogen-bond donors (Lipinski definition) is 2. The van der Waals surface area contributed by atoms with Crippen LogP contribution in [0.1, 0.15) is 17.3 Å². The minimum absolute atomic E-state index is 0.139. The molecule has 98 valence electrons. The molecular weight excluding hydrogens is 258 g/mol. The number of rotatable bonds is 6. The second-order valence-corrected chi connectivity index (χ2v) is 4.05. The zero-order valence-electron chi connectivity index (χ0n) is 9.85. The molecule has 5 nitrogen and oxygen atoms in total. The van der Waals surface area contributed by atoms with Gasteiger partial charge >= 0.3 is 5.97 Å². The molecule has 0 aliphatic heterocycles. The molecule has 0 aliphatic carbocycles. The van der Waals surface area contributed by atoms with Crippen molar-refractivity contribution in [3.05, 3.63) is 34.9 Å². The van der Waals surface area contributed by atoms with E-state index in [1.807, 2.05) is 0 Å². The second kappa shape index (κ2) is 6.98. The third kappa shape index (κ3) is 4.73. The molecule has 1 aromatic rings. The summed E-state index contributed by atoms with van der Waals surface area (Å²) in [6.07, 6.45) is -0.881. The average molecular weight is 272 g/mol. The highest BCUT2D eigenvalue weighted by molar-refractivity contribution is 6.30. The van der Waals surface area contributed by atoms with E-state index in [-0.39, 0.29) is 19.1 Å². The maximum Gasteiger partial charge on any atom is 0.332 e. The fourth-order valence-corrected chi connectivity index (χ4v) is 1.39. The lowest BCUT2D eigenvalue weighted by Crippen LogP contribution is -2.30. The fourth-order valence-electron chi connectivity index (χ4n) is 1.20. The van der Waals surface area contributed by atoms with E-state index in [0.717, 1.165) is 0 Å². The monoisotopic (exact) mass is 271 g/mol. The Hall–Kier alpha value is -1.59. The Bertz CT molecular complexity index is 436. The summed E-state index contributed by atoms with van der Waals surface area (Å²) in [4.78, 5) is 22.1. The maximum absolute atomic E-state index is 11.6. The number of carboxylic acids is 1. The van der Waals surface area contributed by atoms with E-state index in [1.165, 1.54) is 6.92 Å². The van der Waals surface area contributed by atoms with Gasteiger partial charge in [-0.2, -0.15) is 0 Å². The summed E-state index contributed by atoms with van der Waals surface area (Å²) in [6, 6.07) is 6.55. The minimum Gasteiger partial charge on any atom is -0.479 e. The Morgan fingerprint density at radius 2 is 2.22 bits per heavy atom. The molecule has 1 unspecified atom stereocenters. The molecule has 6 heteroatoms. The fraction of sp³-hybridized carbons (Fsp3) is 0.333. The van der Waals surface area contributed by atoms with Crippen molar-refractivity contribution in [2.24, 2.45) is 0 Å². The van der Waals surface area contributed by atoms with Gasteiger partial charge < -0.3 is 15.2 Å². The van der Waals surface area contributed by atoms with Crippen molar-refractivity contribution in [3.8, 4) is 0 Å². The number of amides is 1. The third-order valence-corrected chi connectivity index (χ3v) is 2.43. The van der Waals surface area contributed by atoms with Crippen LogP contribution in [0.15, 0.2) is 24.3 Å². The highest BCUT2D eigenvalue weighted by Gasteiger charge is 2.10. The van der Waals surface area contributed by atoms with Gasteiger partial charge in [-0.25, -0.2) is 4.79 Å². The Kier molecular flexibility index (Phi) is 5.61. The number of carbonyl (C=O) groups excluding carboxylic acids is 1. The van der Waals surface area contributed by atoms with Gasteiger partial charge in [0.15, 0.2) is 6.10 Å². The lowest BCUT2D eigenvalue weighted by atomic mass is 10.2. The quantitative estimate of drug-likeness (QED) is 0.770. The van der Waals surface area contributed by atoms with Crippen molar-refractivity contribution < 1.29 is 19.4 Å². The zero-order valence-corrected chi connectivity index (χ0v) is 10.6. The van der Waals surface area contributed by atoms with Gasteiger partial charge in [0, 0.05) is 17.1 Å². The second-order valence-electron chi connectivity index (χ2n) is 3.62. The lowest BCUT2D eigenvalue weighted by Gasteiger charge is -2.09. The van der Waals surface area contributed by atoms with Crippen LogP contribution in [0.2, 0.25) is 5.02 Å². The molecule has 1 atom stereocenters. The average Bonchev–Trinajstić information content (AvgIpc) is 2.33. The van der Waals surface area contributed by atoms with Crippen LogP contribution in [0.3, 0.4) is 0 Å². The van der Waals surface area contributed by atoms with Crippen molar-refractivity contribution >= 4 is 23.5 Å². The Morgan fingerprint density at radius 3 is 2.83 bits per heavy atom. The molecule has 0 saturated carbocycles. The molecule has 1 aromatic carbocycles. The van der Waals surface area contributed by atoms with Crippen molar-refractivity contribution in [3.63, 3.8) is 0 Å². The van der Waals surface area contributed by atoms with Crippen LogP contribution in [0.4, 0.5) is 0 Å². The number of carboxylic acid groups (broad SMARTS) is 1. The lowest BCUT2D eigenvalue weighted by molar-refractivity contribution is -0.148. The summed E-state index contributed by atoms with van der Waals surface area (Å²) in [5, 5.41) is 11.7. The SMILES string of the molecule is CC(OCCNC(=O)c1cccc(Cl)c1)C(=O)O. The van der Waals surface area contributed by atoms with Gasteiger partial charge in [0.25, 0.3) is 5.91 Å². The molecule has 0 fully saturated rings. The molecule has 0 spiro atoms. The Morgan fingerprint density at radius 1 is 1.50 bits per heavy atom. The van der Waals surface area contributed by atoms with Crippen LogP contribution in [0.5, 0.6) is 0 Å². The predicted molar refractivity (Wildman–Crippen MR) is 66.8 cm³/mol. The largest absolute Gasteiger partial charge is 0.479 e. The molecule has 18 heavy (non-hydrogen) atoms. The highest BCUT2D eigenvalue weighted by Crippen LogP contribution is 2.10. The van der Waals surface area contributed by atoms with Crippen LogP contribution in [-0.2, 0) is 9.53 Å². The predicted octanol–water partition coefficient (Wildman–Crippen LogP) is 1.56. The first-order valence-corrected chi connectivity index (χ1v) is 5.76.